The van der Waals surface area contributed by atoms with E-state index in [2.05, 4.69) is 175 Å². The first kappa shape index (κ1) is 29.5. The Morgan fingerprint density at radius 1 is 0.490 bits per heavy atom. The molecule has 3 aromatic heterocycles. The minimum atomic E-state index is 0.0229. The molecule has 0 aliphatic rings. The molecule has 0 aliphatic carbocycles. The minimum Gasteiger partial charge on any atom is -0.455 e. The molecule has 10 aromatic rings. The highest BCUT2D eigenvalue weighted by atomic mass is 16.3. The highest BCUT2D eigenvalue weighted by molar-refractivity contribution is 6.13. The van der Waals surface area contributed by atoms with Crippen LogP contribution in [0.5, 0.6) is 0 Å². The maximum Gasteiger partial charge on any atom is 0.145 e. The molecule has 7 aromatic carbocycles. The van der Waals surface area contributed by atoms with Gasteiger partial charge in [0.1, 0.15) is 17.0 Å². The number of rotatable bonds is 4. The van der Waals surface area contributed by atoms with Crippen molar-refractivity contribution in [2.75, 3.05) is 0 Å². The third-order valence-corrected chi connectivity index (χ3v) is 10.3. The Morgan fingerprint density at radius 3 is 2.08 bits per heavy atom. The van der Waals surface area contributed by atoms with Crippen molar-refractivity contribution in [3.05, 3.63) is 163 Å². The van der Waals surface area contributed by atoms with Gasteiger partial charge >= 0.3 is 0 Å². The Hall–Kier alpha value is -6.39. The molecule has 0 unspecified atom stereocenters. The summed E-state index contributed by atoms with van der Waals surface area (Å²) in [5.41, 5.74) is 13.0. The number of imidazole rings is 1. The number of nitrogens with zero attached hydrogens (tertiary/aromatic N) is 3. The SMILES string of the molecule is CC(C)(C)c1ccc2nc(-c3cccc(-n4c5ccccc5c5cc(-c6cccc7c6oc6ccccc67)ccc54)c3)n(-c3ccccc3)c2c1. The topological polar surface area (TPSA) is 35.9 Å². The molecule has 0 saturated heterocycles. The van der Waals surface area contributed by atoms with Crippen LogP contribution in [-0.4, -0.2) is 14.1 Å². The van der Waals surface area contributed by atoms with E-state index >= 15 is 0 Å². The second-order valence-corrected chi connectivity index (χ2v) is 14.5. The molecular formula is C47H35N3O. The summed E-state index contributed by atoms with van der Waals surface area (Å²) in [5, 5.41) is 4.69. The number of hydrogen-bond donors (Lipinski definition) is 0. The van der Waals surface area contributed by atoms with Crippen LogP contribution >= 0.6 is 0 Å². The monoisotopic (exact) mass is 657 g/mol. The summed E-state index contributed by atoms with van der Waals surface area (Å²) in [6.45, 7) is 6.78. The predicted molar refractivity (Wildman–Crippen MR) is 212 cm³/mol. The van der Waals surface area contributed by atoms with Crippen LogP contribution in [0.25, 0.3) is 88.7 Å². The van der Waals surface area contributed by atoms with Gasteiger partial charge in [-0.3, -0.25) is 4.57 Å². The summed E-state index contributed by atoms with van der Waals surface area (Å²) in [4.78, 5) is 5.26. The van der Waals surface area contributed by atoms with Crippen LogP contribution in [0.15, 0.2) is 162 Å². The minimum absolute atomic E-state index is 0.0229. The number of hydrogen-bond acceptors (Lipinski definition) is 2. The van der Waals surface area contributed by atoms with Crippen LogP contribution in [0, 0.1) is 0 Å². The van der Waals surface area contributed by atoms with Gasteiger partial charge in [-0.1, -0.05) is 118 Å². The van der Waals surface area contributed by atoms with Gasteiger partial charge in [0.05, 0.1) is 22.1 Å². The Bertz CT molecular complexity index is 2950. The molecule has 244 valence electrons. The van der Waals surface area contributed by atoms with E-state index in [4.69, 9.17) is 9.40 Å². The zero-order valence-corrected chi connectivity index (χ0v) is 28.8. The molecule has 0 atom stereocenters. The lowest BCUT2D eigenvalue weighted by Gasteiger charge is -2.19. The third kappa shape index (κ3) is 4.64. The van der Waals surface area contributed by atoms with Crippen molar-refractivity contribution in [1.29, 1.82) is 0 Å². The smallest absolute Gasteiger partial charge is 0.145 e. The van der Waals surface area contributed by atoms with Crippen LogP contribution in [0.3, 0.4) is 0 Å². The average Bonchev–Trinajstić information content (AvgIpc) is 3.84. The van der Waals surface area contributed by atoms with E-state index in [0.29, 0.717) is 0 Å². The van der Waals surface area contributed by atoms with Crippen molar-refractivity contribution in [3.63, 3.8) is 0 Å². The van der Waals surface area contributed by atoms with Crippen molar-refractivity contribution in [3.8, 4) is 33.9 Å². The molecule has 0 radical (unpaired) electrons. The van der Waals surface area contributed by atoms with Crippen LogP contribution in [0.4, 0.5) is 0 Å². The highest BCUT2D eigenvalue weighted by Gasteiger charge is 2.21. The Kier molecular flexibility index (Phi) is 6.40. The largest absolute Gasteiger partial charge is 0.455 e. The van der Waals surface area contributed by atoms with Gasteiger partial charge in [-0.2, -0.15) is 0 Å². The van der Waals surface area contributed by atoms with Crippen molar-refractivity contribution in [2.24, 2.45) is 0 Å². The summed E-state index contributed by atoms with van der Waals surface area (Å²) in [7, 11) is 0. The van der Waals surface area contributed by atoms with Crippen LogP contribution < -0.4 is 0 Å². The number of furan rings is 1. The van der Waals surface area contributed by atoms with Crippen molar-refractivity contribution in [2.45, 2.75) is 26.2 Å². The second kappa shape index (κ2) is 11.1. The lowest BCUT2D eigenvalue weighted by atomic mass is 9.87. The molecule has 3 heterocycles. The average molecular weight is 658 g/mol. The molecule has 4 heteroatoms. The predicted octanol–water partition coefficient (Wildman–Crippen LogP) is 12.7. The standard InChI is InChI=1S/C47H35N3O/c1-47(2,3)32-24-25-40-43(29-32)50(33-14-5-4-6-15-33)46(48-40)31-13-11-16-34(27-31)49-41-21-9-7-17-36(41)39-28-30(23-26-42(39)49)35-19-12-20-38-37-18-8-10-22-44(37)51-45(35)38/h4-29H,1-3H3. The van der Waals surface area contributed by atoms with Crippen LogP contribution in [-0.2, 0) is 5.41 Å². The highest BCUT2D eigenvalue weighted by Crippen LogP contribution is 2.40. The molecule has 0 N–H and O–H groups in total. The van der Waals surface area contributed by atoms with E-state index in [1.165, 1.54) is 16.3 Å². The Balaban J connectivity index is 1.16. The van der Waals surface area contributed by atoms with Gasteiger partial charge in [0.2, 0.25) is 0 Å². The molecule has 0 spiro atoms. The fraction of sp³-hybridized carbons (Fsp3) is 0.0851. The van der Waals surface area contributed by atoms with Gasteiger partial charge in [0, 0.05) is 44.0 Å². The van der Waals surface area contributed by atoms with E-state index in [1.807, 2.05) is 12.1 Å². The van der Waals surface area contributed by atoms with E-state index < -0.39 is 0 Å². The molecule has 4 nitrogen and oxygen atoms in total. The van der Waals surface area contributed by atoms with Gasteiger partial charge in [0.25, 0.3) is 0 Å². The maximum atomic E-state index is 6.44. The van der Waals surface area contributed by atoms with Gasteiger partial charge in [-0.15, -0.1) is 0 Å². The summed E-state index contributed by atoms with van der Waals surface area (Å²) in [5.74, 6) is 0.922. The molecule has 0 fully saturated rings. The quantitative estimate of drug-likeness (QED) is 0.189. The van der Waals surface area contributed by atoms with Crippen LogP contribution in [0.2, 0.25) is 0 Å². The zero-order valence-electron chi connectivity index (χ0n) is 28.8. The first-order valence-corrected chi connectivity index (χ1v) is 17.6. The molecule has 0 amide bonds. The molecule has 0 saturated carbocycles. The second-order valence-electron chi connectivity index (χ2n) is 14.5. The maximum absolute atomic E-state index is 6.44. The van der Waals surface area contributed by atoms with Gasteiger partial charge in [-0.25, -0.2) is 4.98 Å². The van der Waals surface area contributed by atoms with Crippen molar-refractivity contribution >= 4 is 54.8 Å². The van der Waals surface area contributed by atoms with Gasteiger partial charge in [0.15, 0.2) is 0 Å². The zero-order chi connectivity index (χ0) is 34.3. The van der Waals surface area contributed by atoms with E-state index in [0.717, 1.165) is 77.9 Å². The summed E-state index contributed by atoms with van der Waals surface area (Å²) < 4.78 is 11.1. The summed E-state index contributed by atoms with van der Waals surface area (Å²) in [6, 6.07) is 56.3. The first-order valence-electron chi connectivity index (χ1n) is 17.6. The molecule has 51 heavy (non-hydrogen) atoms. The van der Waals surface area contributed by atoms with Crippen molar-refractivity contribution < 1.29 is 4.42 Å². The number of benzene rings is 7. The van der Waals surface area contributed by atoms with Gasteiger partial charge < -0.3 is 8.98 Å². The molecular weight excluding hydrogens is 623 g/mol. The Labute approximate surface area is 295 Å². The van der Waals surface area contributed by atoms with E-state index in [-0.39, 0.29) is 5.41 Å². The van der Waals surface area contributed by atoms with Crippen molar-refractivity contribution in [1.82, 2.24) is 14.1 Å². The molecule has 0 aliphatic heterocycles. The first-order chi connectivity index (χ1) is 24.9. The lowest BCUT2D eigenvalue weighted by Crippen LogP contribution is -2.10. The summed E-state index contributed by atoms with van der Waals surface area (Å²) in [6.07, 6.45) is 0. The van der Waals surface area contributed by atoms with Crippen LogP contribution in [0.1, 0.15) is 26.3 Å². The van der Waals surface area contributed by atoms with E-state index in [1.54, 1.807) is 0 Å². The number of aromatic nitrogens is 3. The fourth-order valence-corrected chi connectivity index (χ4v) is 7.75. The Morgan fingerprint density at radius 2 is 1.22 bits per heavy atom. The summed E-state index contributed by atoms with van der Waals surface area (Å²) >= 11 is 0. The molecule has 10 rings (SSSR count). The normalized spacial score (nSPS) is 12.2. The number of para-hydroxylation sites is 4. The third-order valence-electron chi connectivity index (χ3n) is 10.3. The number of fused-ring (bicyclic) bond motifs is 7. The van der Waals surface area contributed by atoms with E-state index in [9.17, 15) is 0 Å². The van der Waals surface area contributed by atoms with Gasteiger partial charge in [-0.05, 0) is 77.2 Å². The fourth-order valence-electron chi connectivity index (χ4n) is 7.75. The molecule has 0 bridgehead atoms. The lowest BCUT2D eigenvalue weighted by molar-refractivity contribution is 0.591.